The Labute approximate surface area is 217 Å². The van der Waals surface area contributed by atoms with Crippen LogP contribution in [0.5, 0.6) is 0 Å². The average molecular weight is 481 g/mol. The van der Waals surface area contributed by atoms with Gasteiger partial charge < -0.3 is 9.47 Å². The van der Waals surface area contributed by atoms with Crippen LogP contribution in [-0.4, -0.2) is 20.0 Å². The Morgan fingerprint density at radius 3 is 2.47 bits per heavy atom. The summed E-state index contributed by atoms with van der Waals surface area (Å²) in [5.41, 5.74) is 4.33. The standard InChI is InChI=1S/C30H52O2.C2H6.3H2/c1-7-22-17-27-25(24-12-11-23(18-26(22)24)32-19-31-6)15-16-30(5)28(13-14-29(27)30)21(4)10-8-9-20(2)3;1-2;;;/h20-23,25,27-29H,7-19H2,1-6H3;1-2H3;3*1H/t21-,22?,23+,25?,27-,28?,29?,30?;;;;/m1..../s1. The van der Waals surface area contributed by atoms with Crippen molar-refractivity contribution in [2.45, 2.75) is 132 Å². The fraction of sp³-hybridized carbons (Fsp3) is 0.938. The summed E-state index contributed by atoms with van der Waals surface area (Å²) >= 11 is 0. The molecule has 8 atom stereocenters. The number of allylic oxidation sites excluding steroid dienone is 1. The van der Waals surface area contributed by atoms with Gasteiger partial charge in [-0.2, -0.15) is 0 Å². The van der Waals surface area contributed by atoms with E-state index in [-0.39, 0.29) is 4.28 Å². The molecular weight excluding hydrogens is 416 g/mol. The normalized spacial score (nSPS) is 38.0. The van der Waals surface area contributed by atoms with Gasteiger partial charge in [-0.25, -0.2) is 0 Å². The number of hydrogen-bond donors (Lipinski definition) is 0. The molecule has 2 saturated carbocycles. The molecule has 0 heterocycles. The van der Waals surface area contributed by atoms with Crippen LogP contribution >= 0.6 is 0 Å². The molecule has 204 valence electrons. The SMILES string of the molecule is CC.CCC1C[C@@H]2C(CCC3(C)C2CCC3[C@H](C)CCCC(C)C)C2=C1C[C@@H](OCOC)CC2.[HH].[HH].[HH]. The molecular formula is C32H64O2. The Bertz CT molecular complexity index is 666. The Hall–Kier alpha value is -0.340. The van der Waals surface area contributed by atoms with Crippen LogP contribution in [0.4, 0.5) is 0 Å². The van der Waals surface area contributed by atoms with Crippen LogP contribution in [-0.2, 0) is 9.47 Å². The fourth-order valence-corrected chi connectivity index (χ4v) is 9.07. The third kappa shape index (κ3) is 5.80. The lowest BCUT2D eigenvalue weighted by atomic mass is 9.50. The molecule has 5 unspecified atom stereocenters. The van der Waals surface area contributed by atoms with Crippen molar-refractivity contribution in [3.8, 4) is 0 Å². The molecule has 4 aliphatic rings. The van der Waals surface area contributed by atoms with Gasteiger partial charge in [0.15, 0.2) is 0 Å². The van der Waals surface area contributed by atoms with Crippen molar-refractivity contribution in [3.63, 3.8) is 0 Å². The first-order valence-electron chi connectivity index (χ1n) is 15.2. The van der Waals surface area contributed by atoms with E-state index >= 15 is 0 Å². The maximum absolute atomic E-state index is 6.03. The Morgan fingerprint density at radius 1 is 1.03 bits per heavy atom. The second-order valence-electron chi connectivity index (χ2n) is 12.7. The Balaban J connectivity index is 0.00000253. The van der Waals surface area contributed by atoms with Crippen molar-refractivity contribution in [1.82, 2.24) is 0 Å². The quantitative estimate of drug-likeness (QED) is 0.241. The fourth-order valence-electron chi connectivity index (χ4n) is 9.07. The highest BCUT2D eigenvalue weighted by molar-refractivity contribution is 5.29. The topological polar surface area (TPSA) is 18.5 Å². The third-order valence-corrected chi connectivity index (χ3v) is 10.6. The first-order chi connectivity index (χ1) is 16.4. The predicted octanol–water partition coefficient (Wildman–Crippen LogP) is 10.2. The van der Waals surface area contributed by atoms with Crippen LogP contribution in [0.3, 0.4) is 0 Å². The third-order valence-electron chi connectivity index (χ3n) is 10.6. The lowest BCUT2D eigenvalue weighted by Gasteiger charge is -2.55. The highest BCUT2D eigenvalue weighted by Crippen LogP contribution is 2.65. The van der Waals surface area contributed by atoms with Crippen LogP contribution in [0.25, 0.3) is 0 Å². The zero-order chi connectivity index (χ0) is 24.9. The van der Waals surface area contributed by atoms with E-state index in [2.05, 4.69) is 34.6 Å². The van der Waals surface area contributed by atoms with E-state index in [1.807, 2.05) is 25.0 Å². The minimum Gasteiger partial charge on any atom is -0.359 e. The molecule has 0 aromatic rings. The van der Waals surface area contributed by atoms with Gasteiger partial charge in [0, 0.05) is 11.4 Å². The van der Waals surface area contributed by atoms with Gasteiger partial charge in [-0.15, -0.1) is 0 Å². The molecule has 0 bridgehead atoms. The summed E-state index contributed by atoms with van der Waals surface area (Å²) in [4.78, 5) is 0. The summed E-state index contributed by atoms with van der Waals surface area (Å²) < 4.78 is 11.2. The summed E-state index contributed by atoms with van der Waals surface area (Å²) in [6.07, 6.45) is 17.1. The van der Waals surface area contributed by atoms with E-state index in [0.717, 1.165) is 41.4 Å². The lowest BCUT2D eigenvalue weighted by Crippen LogP contribution is -2.46. The Morgan fingerprint density at radius 2 is 1.79 bits per heavy atom. The van der Waals surface area contributed by atoms with E-state index in [0.29, 0.717) is 18.3 Å². The molecule has 0 spiro atoms. The molecule has 0 N–H and O–H groups in total. The van der Waals surface area contributed by atoms with Crippen LogP contribution in [0, 0.1) is 46.8 Å². The lowest BCUT2D eigenvalue weighted by molar-refractivity contribution is -0.0788. The van der Waals surface area contributed by atoms with Crippen molar-refractivity contribution in [3.05, 3.63) is 11.1 Å². The molecule has 0 radical (unpaired) electrons. The van der Waals surface area contributed by atoms with Crippen molar-refractivity contribution in [1.29, 1.82) is 0 Å². The number of fused-ring (bicyclic) bond motifs is 4. The van der Waals surface area contributed by atoms with E-state index in [4.69, 9.17) is 9.47 Å². The summed E-state index contributed by atoms with van der Waals surface area (Å²) in [6.45, 7) is 17.0. The molecule has 34 heavy (non-hydrogen) atoms. The highest BCUT2D eigenvalue weighted by atomic mass is 16.7. The van der Waals surface area contributed by atoms with Gasteiger partial charge in [-0.3, -0.25) is 0 Å². The zero-order valence-electron chi connectivity index (χ0n) is 24.1. The van der Waals surface area contributed by atoms with Crippen molar-refractivity contribution >= 4 is 0 Å². The van der Waals surface area contributed by atoms with Crippen molar-refractivity contribution < 1.29 is 13.8 Å². The van der Waals surface area contributed by atoms with Gasteiger partial charge in [-0.05, 0) is 105 Å². The van der Waals surface area contributed by atoms with Crippen LogP contribution in [0.15, 0.2) is 11.1 Å². The summed E-state index contributed by atoms with van der Waals surface area (Å²) in [7, 11) is 1.74. The van der Waals surface area contributed by atoms with Gasteiger partial charge in [-0.1, -0.05) is 78.9 Å². The summed E-state index contributed by atoms with van der Waals surface area (Å²) in [5.74, 6) is 6.37. The molecule has 4 rings (SSSR count). The van der Waals surface area contributed by atoms with Gasteiger partial charge in [0.05, 0.1) is 6.10 Å². The number of ether oxygens (including phenoxy) is 2. The van der Waals surface area contributed by atoms with Gasteiger partial charge in [0.2, 0.25) is 0 Å². The van der Waals surface area contributed by atoms with E-state index in [1.54, 1.807) is 7.11 Å². The molecule has 0 saturated heterocycles. The van der Waals surface area contributed by atoms with E-state index in [9.17, 15) is 0 Å². The number of rotatable bonds is 9. The van der Waals surface area contributed by atoms with Gasteiger partial charge in [0.25, 0.3) is 0 Å². The molecule has 0 aliphatic heterocycles. The summed E-state index contributed by atoms with van der Waals surface area (Å²) in [6, 6.07) is 0. The second-order valence-corrected chi connectivity index (χ2v) is 12.7. The molecule has 4 aliphatic carbocycles. The highest BCUT2D eigenvalue weighted by Gasteiger charge is 2.56. The minimum absolute atomic E-state index is 0. The van der Waals surface area contributed by atoms with Crippen molar-refractivity contribution in [2.24, 2.45) is 46.8 Å². The molecule has 0 aromatic carbocycles. The van der Waals surface area contributed by atoms with E-state index in [1.165, 1.54) is 77.0 Å². The minimum atomic E-state index is 0. The van der Waals surface area contributed by atoms with E-state index < -0.39 is 0 Å². The average Bonchev–Trinajstić information content (AvgIpc) is 3.20. The molecule has 0 aromatic heterocycles. The second kappa shape index (κ2) is 12.8. The largest absolute Gasteiger partial charge is 0.359 e. The monoisotopic (exact) mass is 480 g/mol. The molecule has 0 amide bonds. The van der Waals surface area contributed by atoms with Gasteiger partial charge in [0.1, 0.15) is 6.79 Å². The number of methoxy groups -OCH3 is 1. The number of hydrogen-bond acceptors (Lipinski definition) is 2. The first-order valence-corrected chi connectivity index (χ1v) is 15.2. The van der Waals surface area contributed by atoms with Gasteiger partial charge >= 0.3 is 0 Å². The molecule has 2 heteroatoms. The maximum Gasteiger partial charge on any atom is 0.146 e. The van der Waals surface area contributed by atoms with Crippen LogP contribution in [0.1, 0.15) is 130 Å². The molecule has 2 nitrogen and oxygen atoms in total. The predicted molar refractivity (Wildman–Crippen MR) is 152 cm³/mol. The van der Waals surface area contributed by atoms with Crippen LogP contribution < -0.4 is 0 Å². The van der Waals surface area contributed by atoms with Crippen LogP contribution in [0.2, 0.25) is 0 Å². The molecule has 2 fully saturated rings. The first kappa shape index (κ1) is 28.2. The Kier molecular flexibility index (Phi) is 10.6. The zero-order valence-corrected chi connectivity index (χ0v) is 24.1. The maximum atomic E-state index is 6.03. The smallest absolute Gasteiger partial charge is 0.146 e. The van der Waals surface area contributed by atoms with Crippen molar-refractivity contribution in [2.75, 3.05) is 13.9 Å². The summed E-state index contributed by atoms with van der Waals surface area (Å²) in [5, 5.41) is 0.